The van der Waals surface area contributed by atoms with E-state index in [2.05, 4.69) is 6.92 Å². The van der Waals surface area contributed by atoms with Gasteiger partial charge in [0.2, 0.25) is 10.0 Å². The van der Waals surface area contributed by atoms with Crippen molar-refractivity contribution in [3.8, 4) is 5.75 Å². The molecule has 0 spiro atoms. The Hall–Kier alpha value is -1.11. The molecule has 1 aromatic rings. The Morgan fingerprint density at radius 1 is 1.38 bits per heavy atom. The quantitative estimate of drug-likeness (QED) is 0.896. The van der Waals surface area contributed by atoms with E-state index in [-0.39, 0.29) is 6.04 Å². The van der Waals surface area contributed by atoms with Crippen molar-refractivity contribution in [2.75, 3.05) is 20.2 Å². The van der Waals surface area contributed by atoms with Gasteiger partial charge in [-0.3, -0.25) is 0 Å². The van der Waals surface area contributed by atoms with Crippen molar-refractivity contribution in [2.24, 2.45) is 11.7 Å². The van der Waals surface area contributed by atoms with Crippen LogP contribution >= 0.6 is 0 Å². The predicted octanol–water partition coefficient (Wildman–Crippen LogP) is 1.62. The Morgan fingerprint density at radius 3 is 2.62 bits per heavy atom. The minimum absolute atomic E-state index is 0.0397. The van der Waals surface area contributed by atoms with Crippen LogP contribution in [0.5, 0.6) is 5.75 Å². The Labute approximate surface area is 127 Å². The van der Waals surface area contributed by atoms with Crippen LogP contribution in [-0.4, -0.2) is 39.0 Å². The molecule has 2 rings (SSSR count). The zero-order chi connectivity index (χ0) is 15.6. The molecular formula is C15H24N2O3S. The molecule has 0 bridgehead atoms. The second-order valence-corrected chi connectivity index (χ2v) is 7.64. The highest BCUT2D eigenvalue weighted by Gasteiger charge is 2.37. The smallest absolute Gasteiger partial charge is 0.243 e. The van der Waals surface area contributed by atoms with Gasteiger partial charge in [0.05, 0.1) is 12.0 Å². The lowest BCUT2D eigenvalue weighted by Crippen LogP contribution is -2.34. The van der Waals surface area contributed by atoms with Gasteiger partial charge in [0.15, 0.2) is 0 Å². The third kappa shape index (κ3) is 3.22. The summed E-state index contributed by atoms with van der Waals surface area (Å²) in [6.07, 6.45) is 1.42. The van der Waals surface area contributed by atoms with Crippen LogP contribution in [0.1, 0.15) is 25.8 Å². The summed E-state index contributed by atoms with van der Waals surface area (Å²) >= 11 is 0. The van der Waals surface area contributed by atoms with Crippen molar-refractivity contribution < 1.29 is 13.2 Å². The molecule has 1 saturated heterocycles. The van der Waals surface area contributed by atoms with Gasteiger partial charge >= 0.3 is 0 Å². The molecule has 1 fully saturated rings. The zero-order valence-corrected chi connectivity index (χ0v) is 13.7. The molecule has 5 nitrogen and oxygen atoms in total. The lowest BCUT2D eigenvalue weighted by molar-refractivity contribution is 0.403. The third-order valence-corrected chi connectivity index (χ3v) is 6.08. The van der Waals surface area contributed by atoms with E-state index in [9.17, 15) is 8.42 Å². The Kier molecular flexibility index (Phi) is 4.91. The van der Waals surface area contributed by atoms with Gasteiger partial charge in [-0.15, -0.1) is 0 Å². The number of hydrogen-bond acceptors (Lipinski definition) is 4. The first-order chi connectivity index (χ1) is 9.90. The highest BCUT2D eigenvalue weighted by Crippen LogP contribution is 2.31. The fourth-order valence-corrected chi connectivity index (χ4v) is 5.00. The van der Waals surface area contributed by atoms with Crippen LogP contribution in [0.4, 0.5) is 0 Å². The average molecular weight is 312 g/mol. The lowest BCUT2D eigenvalue weighted by atomic mass is 10.1. The minimum Gasteiger partial charge on any atom is -0.497 e. The molecule has 118 valence electrons. The van der Waals surface area contributed by atoms with Gasteiger partial charge in [0.25, 0.3) is 0 Å². The van der Waals surface area contributed by atoms with Gasteiger partial charge in [0.1, 0.15) is 5.75 Å². The third-order valence-electron chi connectivity index (χ3n) is 3.99. The SMILES string of the molecule is COc1ccc(S(=O)(=O)N2CC(C)CC2C)c(CCN)c1. The maximum atomic E-state index is 12.9. The number of nitrogens with two attached hydrogens (primary N) is 1. The van der Waals surface area contributed by atoms with Gasteiger partial charge in [-0.1, -0.05) is 6.92 Å². The van der Waals surface area contributed by atoms with Crippen LogP contribution in [-0.2, 0) is 16.4 Å². The van der Waals surface area contributed by atoms with Gasteiger partial charge < -0.3 is 10.5 Å². The summed E-state index contributed by atoms with van der Waals surface area (Å²) in [6, 6.07) is 5.13. The number of benzene rings is 1. The highest BCUT2D eigenvalue weighted by atomic mass is 32.2. The molecule has 1 aliphatic rings. The van der Waals surface area contributed by atoms with E-state index < -0.39 is 10.0 Å². The molecule has 2 unspecified atom stereocenters. The Balaban J connectivity index is 2.44. The zero-order valence-electron chi connectivity index (χ0n) is 12.9. The van der Waals surface area contributed by atoms with E-state index in [0.29, 0.717) is 36.1 Å². The number of methoxy groups -OCH3 is 1. The molecule has 0 radical (unpaired) electrons. The Bertz CT molecular complexity index is 601. The molecule has 1 aliphatic heterocycles. The summed E-state index contributed by atoms with van der Waals surface area (Å²) in [6.45, 7) is 5.03. The molecule has 0 aromatic heterocycles. The van der Waals surface area contributed by atoms with Crippen molar-refractivity contribution in [3.05, 3.63) is 23.8 Å². The summed E-state index contributed by atoms with van der Waals surface area (Å²) < 4.78 is 32.7. The topological polar surface area (TPSA) is 72.6 Å². The molecule has 1 aromatic carbocycles. The average Bonchev–Trinajstić information content (AvgIpc) is 2.78. The molecule has 0 amide bonds. The summed E-state index contributed by atoms with van der Waals surface area (Å²) in [5.41, 5.74) is 6.34. The normalized spacial score (nSPS) is 23.4. The molecule has 2 atom stereocenters. The molecule has 0 saturated carbocycles. The van der Waals surface area contributed by atoms with Crippen molar-refractivity contribution >= 4 is 10.0 Å². The van der Waals surface area contributed by atoms with Crippen LogP contribution in [0.15, 0.2) is 23.1 Å². The van der Waals surface area contributed by atoms with Crippen LogP contribution in [0, 0.1) is 5.92 Å². The minimum atomic E-state index is -3.48. The van der Waals surface area contributed by atoms with Gasteiger partial charge in [-0.05, 0) is 56.0 Å². The van der Waals surface area contributed by atoms with E-state index in [1.807, 2.05) is 6.92 Å². The maximum Gasteiger partial charge on any atom is 0.243 e. The maximum absolute atomic E-state index is 12.9. The largest absolute Gasteiger partial charge is 0.497 e. The number of rotatable bonds is 5. The number of ether oxygens (including phenoxy) is 1. The van der Waals surface area contributed by atoms with E-state index in [4.69, 9.17) is 10.5 Å². The number of hydrogen-bond donors (Lipinski definition) is 1. The lowest BCUT2D eigenvalue weighted by Gasteiger charge is -2.23. The number of nitrogens with zero attached hydrogens (tertiary/aromatic N) is 1. The fraction of sp³-hybridized carbons (Fsp3) is 0.600. The van der Waals surface area contributed by atoms with Gasteiger partial charge in [-0.25, -0.2) is 8.42 Å². The molecule has 21 heavy (non-hydrogen) atoms. The molecule has 1 heterocycles. The van der Waals surface area contributed by atoms with Gasteiger partial charge in [0, 0.05) is 12.6 Å². The highest BCUT2D eigenvalue weighted by molar-refractivity contribution is 7.89. The summed E-state index contributed by atoms with van der Waals surface area (Å²) in [5.74, 6) is 1.05. The molecule has 0 aliphatic carbocycles. The van der Waals surface area contributed by atoms with Crippen molar-refractivity contribution in [1.82, 2.24) is 4.31 Å². The van der Waals surface area contributed by atoms with Crippen LogP contribution < -0.4 is 10.5 Å². The van der Waals surface area contributed by atoms with E-state index in [1.54, 1.807) is 29.6 Å². The standard InChI is InChI=1S/C15H24N2O3S/c1-11-8-12(2)17(10-11)21(18,19)15-5-4-14(20-3)9-13(15)6-7-16/h4-5,9,11-12H,6-8,10,16H2,1-3H3. The molecule has 6 heteroatoms. The summed E-state index contributed by atoms with van der Waals surface area (Å²) in [5, 5.41) is 0. The molecular weight excluding hydrogens is 288 g/mol. The van der Waals surface area contributed by atoms with E-state index in [0.717, 1.165) is 12.0 Å². The monoisotopic (exact) mass is 312 g/mol. The first-order valence-electron chi connectivity index (χ1n) is 7.29. The van der Waals surface area contributed by atoms with Crippen LogP contribution in [0.25, 0.3) is 0 Å². The number of sulfonamides is 1. The predicted molar refractivity (Wildman–Crippen MR) is 82.9 cm³/mol. The second-order valence-electron chi connectivity index (χ2n) is 5.78. The second kappa shape index (κ2) is 6.34. The van der Waals surface area contributed by atoms with Crippen LogP contribution in [0.2, 0.25) is 0 Å². The van der Waals surface area contributed by atoms with Crippen molar-refractivity contribution in [2.45, 2.75) is 37.6 Å². The van der Waals surface area contributed by atoms with Gasteiger partial charge in [-0.2, -0.15) is 4.31 Å². The van der Waals surface area contributed by atoms with E-state index >= 15 is 0 Å². The van der Waals surface area contributed by atoms with Crippen LogP contribution in [0.3, 0.4) is 0 Å². The van der Waals surface area contributed by atoms with Crippen molar-refractivity contribution in [3.63, 3.8) is 0 Å². The fourth-order valence-electron chi connectivity index (χ4n) is 3.01. The first kappa shape index (κ1) is 16.3. The first-order valence-corrected chi connectivity index (χ1v) is 8.73. The molecule has 2 N–H and O–H groups in total. The summed E-state index contributed by atoms with van der Waals surface area (Å²) in [7, 11) is -1.91. The Morgan fingerprint density at radius 2 is 2.10 bits per heavy atom. The summed E-state index contributed by atoms with van der Waals surface area (Å²) in [4.78, 5) is 0.356. The van der Waals surface area contributed by atoms with Crippen molar-refractivity contribution in [1.29, 1.82) is 0 Å². The van der Waals surface area contributed by atoms with E-state index in [1.165, 1.54) is 0 Å².